The Morgan fingerprint density at radius 1 is 1.12 bits per heavy atom. The van der Waals surface area contributed by atoms with Crippen LogP contribution in [-0.4, -0.2) is 23.0 Å². The van der Waals surface area contributed by atoms with E-state index in [2.05, 4.69) is 10.3 Å². The van der Waals surface area contributed by atoms with Crippen molar-refractivity contribution in [3.8, 4) is 0 Å². The minimum atomic E-state index is -0.451. The molecule has 2 aromatic rings. The summed E-state index contributed by atoms with van der Waals surface area (Å²) in [7, 11) is 0. The van der Waals surface area contributed by atoms with Gasteiger partial charge < -0.3 is 10.1 Å². The van der Waals surface area contributed by atoms with Crippen LogP contribution in [-0.2, 0) is 14.3 Å². The molecule has 0 radical (unpaired) electrons. The second-order valence-electron chi connectivity index (χ2n) is 5.80. The molecule has 0 aliphatic rings. The molecule has 0 spiro atoms. The predicted molar refractivity (Wildman–Crippen MR) is 96.4 cm³/mol. The van der Waals surface area contributed by atoms with Crippen LogP contribution in [0.1, 0.15) is 37.6 Å². The third-order valence-corrected chi connectivity index (χ3v) is 3.35. The monoisotopic (exact) mass is 338 g/mol. The number of nitrogens with one attached hydrogen (secondary N) is 1. The highest BCUT2D eigenvalue weighted by Gasteiger charge is 2.19. The van der Waals surface area contributed by atoms with Gasteiger partial charge in [-0.2, -0.15) is 0 Å². The van der Waals surface area contributed by atoms with Crippen LogP contribution in [0.25, 0.3) is 6.08 Å². The smallest absolute Gasteiger partial charge is 0.308 e. The molecule has 1 aromatic heterocycles. The standard InChI is InChI=1S/C20H22N2O3/c1-15(2)25-20(24)14-18(16-8-4-3-5-9-16)22-19(23)12-11-17-10-6-7-13-21-17/h3-13,15,18H,14H2,1-2H3,(H,22,23). The summed E-state index contributed by atoms with van der Waals surface area (Å²) in [5.74, 6) is -0.644. The van der Waals surface area contributed by atoms with Crippen molar-refractivity contribution in [1.82, 2.24) is 10.3 Å². The molecule has 0 aliphatic heterocycles. The number of nitrogens with zero attached hydrogens (tertiary/aromatic N) is 1. The molecule has 25 heavy (non-hydrogen) atoms. The molecule has 0 bridgehead atoms. The highest BCUT2D eigenvalue weighted by Crippen LogP contribution is 2.17. The van der Waals surface area contributed by atoms with E-state index in [1.165, 1.54) is 6.08 Å². The van der Waals surface area contributed by atoms with Crippen molar-refractivity contribution in [3.05, 3.63) is 72.1 Å². The van der Waals surface area contributed by atoms with Gasteiger partial charge in [0.2, 0.25) is 5.91 Å². The van der Waals surface area contributed by atoms with Crippen LogP contribution in [0.15, 0.2) is 60.8 Å². The summed E-state index contributed by atoms with van der Waals surface area (Å²) < 4.78 is 5.19. The van der Waals surface area contributed by atoms with Gasteiger partial charge >= 0.3 is 5.97 Å². The number of pyridine rings is 1. The van der Waals surface area contributed by atoms with E-state index in [1.54, 1.807) is 32.2 Å². The number of carbonyl (C=O) groups is 2. The molecule has 130 valence electrons. The number of ether oxygens (including phenoxy) is 1. The Balaban J connectivity index is 2.06. The van der Waals surface area contributed by atoms with E-state index in [1.807, 2.05) is 42.5 Å². The van der Waals surface area contributed by atoms with E-state index in [-0.39, 0.29) is 24.4 Å². The maximum absolute atomic E-state index is 12.2. The van der Waals surface area contributed by atoms with E-state index in [0.29, 0.717) is 5.69 Å². The Bertz CT molecular complexity index is 712. The van der Waals surface area contributed by atoms with Gasteiger partial charge in [-0.15, -0.1) is 0 Å². The van der Waals surface area contributed by atoms with Gasteiger partial charge in [0.05, 0.1) is 24.3 Å². The van der Waals surface area contributed by atoms with Gasteiger partial charge in [-0.3, -0.25) is 14.6 Å². The van der Waals surface area contributed by atoms with E-state index in [0.717, 1.165) is 5.56 Å². The first-order valence-corrected chi connectivity index (χ1v) is 8.18. The fraction of sp³-hybridized carbons (Fsp3) is 0.250. The van der Waals surface area contributed by atoms with E-state index in [9.17, 15) is 9.59 Å². The number of rotatable bonds is 7. The topological polar surface area (TPSA) is 68.3 Å². The number of carbonyl (C=O) groups excluding carboxylic acids is 2. The molecule has 1 aromatic carbocycles. The Morgan fingerprint density at radius 2 is 1.84 bits per heavy atom. The number of hydrogen-bond acceptors (Lipinski definition) is 4. The first-order chi connectivity index (χ1) is 12.0. The van der Waals surface area contributed by atoms with Gasteiger partial charge in [-0.25, -0.2) is 0 Å². The van der Waals surface area contributed by atoms with Crippen molar-refractivity contribution in [3.63, 3.8) is 0 Å². The summed E-state index contributed by atoms with van der Waals surface area (Å²) in [5.41, 5.74) is 1.54. The minimum absolute atomic E-state index is 0.0748. The molecule has 2 rings (SSSR count). The number of amides is 1. The van der Waals surface area contributed by atoms with Crippen molar-refractivity contribution >= 4 is 18.0 Å². The van der Waals surface area contributed by atoms with Crippen molar-refractivity contribution in [2.24, 2.45) is 0 Å². The SMILES string of the molecule is CC(C)OC(=O)CC(NC(=O)C=Cc1ccccn1)c1ccccc1. The number of aromatic nitrogens is 1. The van der Waals surface area contributed by atoms with E-state index >= 15 is 0 Å². The summed E-state index contributed by atoms with van der Waals surface area (Å²) in [4.78, 5) is 28.4. The molecular formula is C20H22N2O3. The normalized spacial score (nSPS) is 12.1. The molecule has 1 heterocycles. The molecule has 1 amide bonds. The highest BCUT2D eigenvalue weighted by molar-refractivity contribution is 5.92. The van der Waals surface area contributed by atoms with Gasteiger partial charge in [-0.1, -0.05) is 36.4 Å². The lowest BCUT2D eigenvalue weighted by molar-refractivity contribution is -0.148. The van der Waals surface area contributed by atoms with Crippen molar-refractivity contribution in [2.75, 3.05) is 0 Å². The molecule has 1 atom stereocenters. The molecular weight excluding hydrogens is 316 g/mol. The van der Waals surface area contributed by atoms with Crippen molar-refractivity contribution in [1.29, 1.82) is 0 Å². The van der Waals surface area contributed by atoms with Crippen molar-refractivity contribution < 1.29 is 14.3 Å². The lowest BCUT2D eigenvalue weighted by Gasteiger charge is -2.18. The molecule has 0 aliphatic carbocycles. The molecule has 1 N–H and O–H groups in total. The first-order valence-electron chi connectivity index (χ1n) is 8.18. The largest absolute Gasteiger partial charge is 0.463 e. The zero-order chi connectivity index (χ0) is 18.1. The van der Waals surface area contributed by atoms with Crippen molar-refractivity contribution in [2.45, 2.75) is 32.4 Å². The third-order valence-electron chi connectivity index (χ3n) is 3.35. The first kappa shape index (κ1) is 18.4. The highest BCUT2D eigenvalue weighted by atomic mass is 16.5. The average molecular weight is 338 g/mol. The summed E-state index contributed by atoms with van der Waals surface area (Å²) in [6.45, 7) is 3.59. The van der Waals surface area contributed by atoms with Gasteiger partial charge in [0.25, 0.3) is 0 Å². The quantitative estimate of drug-likeness (QED) is 0.621. The summed E-state index contributed by atoms with van der Waals surface area (Å²) in [5, 5.41) is 2.85. The summed E-state index contributed by atoms with van der Waals surface area (Å²) >= 11 is 0. The molecule has 0 fully saturated rings. The Labute approximate surface area is 147 Å². The van der Waals surface area contributed by atoms with Crippen LogP contribution in [0.4, 0.5) is 0 Å². The van der Waals surface area contributed by atoms with Crippen LogP contribution in [0.3, 0.4) is 0 Å². The van der Waals surface area contributed by atoms with Gasteiger partial charge in [-0.05, 0) is 37.6 Å². The predicted octanol–water partition coefficient (Wildman–Crippen LogP) is 3.29. The fourth-order valence-electron chi connectivity index (χ4n) is 2.27. The second-order valence-corrected chi connectivity index (χ2v) is 5.80. The van der Waals surface area contributed by atoms with E-state index < -0.39 is 6.04 Å². The number of esters is 1. The number of hydrogen-bond donors (Lipinski definition) is 1. The fourth-order valence-corrected chi connectivity index (χ4v) is 2.27. The maximum Gasteiger partial charge on any atom is 0.308 e. The van der Waals surface area contributed by atoms with Gasteiger partial charge in [0.1, 0.15) is 0 Å². The Morgan fingerprint density at radius 3 is 2.48 bits per heavy atom. The lowest BCUT2D eigenvalue weighted by Crippen LogP contribution is -2.29. The van der Waals surface area contributed by atoms with Crippen LogP contribution >= 0.6 is 0 Å². The molecule has 0 saturated carbocycles. The minimum Gasteiger partial charge on any atom is -0.463 e. The molecule has 5 heteroatoms. The number of benzene rings is 1. The van der Waals surface area contributed by atoms with Crippen LogP contribution in [0.2, 0.25) is 0 Å². The zero-order valence-electron chi connectivity index (χ0n) is 14.4. The molecule has 0 saturated heterocycles. The summed E-state index contributed by atoms with van der Waals surface area (Å²) in [6.07, 6.45) is 4.58. The summed E-state index contributed by atoms with van der Waals surface area (Å²) in [6, 6.07) is 14.4. The van der Waals surface area contributed by atoms with Crippen LogP contribution in [0.5, 0.6) is 0 Å². The van der Waals surface area contributed by atoms with Crippen LogP contribution in [0, 0.1) is 0 Å². The Kier molecular flexibility index (Phi) is 6.89. The second kappa shape index (κ2) is 9.37. The lowest BCUT2D eigenvalue weighted by atomic mass is 10.0. The van der Waals surface area contributed by atoms with Gasteiger partial charge in [0, 0.05) is 12.3 Å². The molecule has 1 unspecified atom stereocenters. The van der Waals surface area contributed by atoms with Crippen LogP contribution < -0.4 is 5.32 Å². The van der Waals surface area contributed by atoms with E-state index in [4.69, 9.17) is 4.74 Å². The zero-order valence-corrected chi connectivity index (χ0v) is 14.4. The molecule has 5 nitrogen and oxygen atoms in total. The third kappa shape index (κ3) is 6.59. The van der Waals surface area contributed by atoms with Gasteiger partial charge in [0.15, 0.2) is 0 Å². The Hall–Kier alpha value is -2.95. The maximum atomic E-state index is 12.2. The average Bonchev–Trinajstić information content (AvgIpc) is 2.60.